The third-order valence-corrected chi connectivity index (χ3v) is 6.99. The Morgan fingerprint density at radius 1 is 1.28 bits per heavy atom. The molecule has 0 bridgehead atoms. The van der Waals surface area contributed by atoms with Crippen LogP contribution in [0, 0.1) is 12.7 Å². The highest BCUT2D eigenvalue weighted by atomic mass is 35.5. The molecule has 0 radical (unpaired) electrons. The van der Waals surface area contributed by atoms with Gasteiger partial charge >= 0.3 is 5.97 Å². The van der Waals surface area contributed by atoms with Crippen molar-refractivity contribution >= 4 is 39.8 Å². The molecular formula is C23H22ClFN6O4S. The second-order valence-electron chi connectivity index (χ2n) is 8.13. The molecule has 36 heavy (non-hydrogen) atoms. The number of halogens is 2. The highest BCUT2D eigenvalue weighted by molar-refractivity contribution is 7.16. The Morgan fingerprint density at radius 3 is 2.81 bits per heavy atom. The number of carbonyl (C=O) groups excluding carboxylic acids is 2. The van der Waals surface area contributed by atoms with Gasteiger partial charge in [-0.25, -0.2) is 23.4 Å². The van der Waals surface area contributed by atoms with Gasteiger partial charge in [-0.1, -0.05) is 29.0 Å². The quantitative estimate of drug-likeness (QED) is 0.350. The number of carbonyl (C=O) groups is 2. The van der Waals surface area contributed by atoms with Crippen molar-refractivity contribution in [1.82, 2.24) is 29.3 Å². The number of fused-ring (bicyclic) bond motifs is 3. The average Bonchev–Trinajstić information content (AvgIpc) is 3.53. The lowest BCUT2D eigenvalue weighted by Crippen LogP contribution is -2.43. The maximum Gasteiger partial charge on any atom is 0.358 e. The fraction of sp³-hybridized carbons (Fsp3) is 0.348. The van der Waals surface area contributed by atoms with Crippen LogP contribution in [0.2, 0.25) is 5.02 Å². The molecule has 188 valence electrons. The smallest absolute Gasteiger partial charge is 0.358 e. The van der Waals surface area contributed by atoms with Crippen LogP contribution in [-0.4, -0.2) is 61.4 Å². The lowest BCUT2D eigenvalue weighted by atomic mass is 9.95. The van der Waals surface area contributed by atoms with Crippen LogP contribution >= 0.6 is 22.9 Å². The highest BCUT2D eigenvalue weighted by Crippen LogP contribution is 2.38. The first-order valence-corrected chi connectivity index (χ1v) is 12.4. The van der Waals surface area contributed by atoms with Crippen LogP contribution in [0.1, 0.15) is 45.4 Å². The molecule has 0 N–H and O–H groups in total. The number of aromatic nitrogens is 5. The van der Waals surface area contributed by atoms with Crippen LogP contribution in [0.5, 0.6) is 5.88 Å². The van der Waals surface area contributed by atoms with Crippen molar-refractivity contribution in [3.05, 3.63) is 62.8 Å². The Labute approximate surface area is 214 Å². The predicted octanol–water partition coefficient (Wildman–Crippen LogP) is 3.45. The van der Waals surface area contributed by atoms with Crippen LogP contribution in [0.4, 0.5) is 4.39 Å². The molecule has 1 amide bonds. The molecular weight excluding hydrogens is 511 g/mol. The van der Waals surface area contributed by atoms with Gasteiger partial charge < -0.3 is 14.4 Å². The average molecular weight is 533 g/mol. The third-order valence-electron chi connectivity index (χ3n) is 5.93. The van der Waals surface area contributed by atoms with Crippen LogP contribution < -0.4 is 4.74 Å². The van der Waals surface area contributed by atoms with Crippen molar-refractivity contribution in [3.8, 4) is 5.88 Å². The molecule has 0 saturated heterocycles. The molecule has 0 spiro atoms. The number of imidazole rings is 1. The summed E-state index contributed by atoms with van der Waals surface area (Å²) in [7, 11) is 1.26. The lowest BCUT2D eigenvalue weighted by molar-refractivity contribution is -0.135. The SMILES string of the molecule is CCn1nc(C(=O)OC)cc1OCC(=O)N1CCc2nc3sc(C)nn3c2C1c1ccc(Cl)cc1F. The standard InChI is InChI=1S/C23H22ClFN6O4S/c1-4-30-19(10-17(28-30)22(33)34-3)35-11-18(32)29-8-7-16-21(31-23(26-16)36-12(2)27-31)20(29)14-6-5-13(24)9-15(14)25/h5-6,9-10,20H,4,7-8,11H2,1-3H3. The highest BCUT2D eigenvalue weighted by Gasteiger charge is 2.38. The van der Waals surface area contributed by atoms with E-state index in [4.69, 9.17) is 21.1 Å². The van der Waals surface area contributed by atoms with Crippen molar-refractivity contribution in [2.75, 3.05) is 20.3 Å². The molecule has 1 unspecified atom stereocenters. The number of ether oxygens (including phenoxy) is 2. The number of aryl methyl sites for hydroxylation is 2. The Bertz CT molecular complexity index is 1480. The summed E-state index contributed by atoms with van der Waals surface area (Å²) in [6.45, 7) is 4.08. The molecule has 10 nitrogen and oxygen atoms in total. The van der Waals surface area contributed by atoms with Crippen molar-refractivity contribution in [2.24, 2.45) is 0 Å². The number of nitrogens with zero attached hydrogens (tertiary/aromatic N) is 6. The molecule has 0 fully saturated rings. The van der Waals surface area contributed by atoms with E-state index in [0.717, 1.165) is 10.7 Å². The van der Waals surface area contributed by atoms with E-state index in [1.807, 2.05) is 13.8 Å². The molecule has 1 atom stereocenters. The van der Waals surface area contributed by atoms with Gasteiger partial charge in [0.15, 0.2) is 12.3 Å². The maximum atomic E-state index is 15.2. The fourth-order valence-electron chi connectivity index (χ4n) is 4.33. The normalized spacial score (nSPS) is 15.2. The molecule has 4 heterocycles. The van der Waals surface area contributed by atoms with E-state index in [9.17, 15) is 9.59 Å². The molecule has 3 aromatic heterocycles. The number of hydrogen-bond donors (Lipinski definition) is 0. The van der Waals surface area contributed by atoms with Gasteiger partial charge in [0, 0.05) is 36.2 Å². The molecule has 13 heteroatoms. The van der Waals surface area contributed by atoms with Gasteiger partial charge in [-0.05, 0) is 26.0 Å². The minimum atomic E-state index is -0.777. The van der Waals surface area contributed by atoms with E-state index in [1.165, 1.54) is 35.3 Å². The first kappa shape index (κ1) is 24.2. The van der Waals surface area contributed by atoms with Gasteiger partial charge in [-0.3, -0.25) is 4.79 Å². The summed E-state index contributed by atoms with van der Waals surface area (Å²) in [5, 5.41) is 9.75. The minimum absolute atomic E-state index is 0.0751. The Balaban J connectivity index is 1.49. The molecule has 1 aliphatic rings. The summed E-state index contributed by atoms with van der Waals surface area (Å²) in [5.41, 5.74) is 1.77. The first-order valence-electron chi connectivity index (χ1n) is 11.2. The number of esters is 1. The van der Waals surface area contributed by atoms with Crippen LogP contribution in [-0.2, 0) is 22.5 Å². The van der Waals surface area contributed by atoms with E-state index in [2.05, 4.69) is 15.2 Å². The molecule has 0 saturated carbocycles. The van der Waals surface area contributed by atoms with Crippen molar-refractivity contribution < 1.29 is 23.5 Å². The zero-order valence-corrected chi connectivity index (χ0v) is 21.3. The predicted molar refractivity (Wildman–Crippen MR) is 129 cm³/mol. The Morgan fingerprint density at radius 2 is 2.08 bits per heavy atom. The van der Waals surface area contributed by atoms with Crippen molar-refractivity contribution in [3.63, 3.8) is 0 Å². The van der Waals surface area contributed by atoms with E-state index >= 15 is 4.39 Å². The minimum Gasteiger partial charge on any atom is -0.468 e. The van der Waals surface area contributed by atoms with Gasteiger partial charge in [-0.2, -0.15) is 10.2 Å². The Kier molecular flexibility index (Phi) is 6.39. The van der Waals surface area contributed by atoms with E-state index in [1.54, 1.807) is 21.5 Å². The van der Waals surface area contributed by atoms with Gasteiger partial charge in [0.2, 0.25) is 10.8 Å². The Hall–Kier alpha value is -3.51. The topological polar surface area (TPSA) is 104 Å². The summed E-state index contributed by atoms with van der Waals surface area (Å²) in [5.74, 6) is -1.26. The zero-order valence-electron chi connectivity index (χ0n) is 19.7. The monoisotopic (exact) mass is 532 g/mol. The second kappa shape index (κ2) is 9.51. The first-order chi connectivity index (χ1) is 17.3. The number of amides is 1. The summed E-state index contributed by atoms with van der Waals surface area (Å²) in [4.78, 5) is 32.3. The zero-order chi connectivity index (χ0) is 25.6. The number of rotatable bonds is 6. The number of methoxy groups -OCH3 is 1. The van der Waals surface area contributed by atoms with E-state index < -0.39 is 17.8 Å². The van der Waals surface area contributed by atoms with E-state index in [-0.39, 0.29) is 34.7 Å². The number of hydrogen-bond acceptors (Lipinski definition) is 8. The van der Waals surface area contributed by atoms with Crippen molar-refractivity contribution in [2.45, 2.75) is 32.9 Å². The van der Waals surface area contributed by atoms with Crippen molar-refractivity contribution in [1.29, 1.82) is 0 Å². The van der Waals surface area contributed by atoms with E-state index in [0.29, 0.717) is 30.2 Å². The largest absolute Gasteiger partial charge is 0.468 e. The molecule has 0 aliphatic carbocycles. The van der Waals surface area contributed by atoms with Gasteiger partial charge in [-0.15, -0.1) is 0 Å². The molecule has 5 rings (SSSR count). The summed E-state index contributed by atoms with van der Waals surface area (Å²) >= 11 is 7.43. The van der Waals surface area contributed by atoms with Crippen LogP contribution in [0.25, 0.3) is 4.96 Å². The molecule has 1 aromatic carbocycles. The van der Waals surface area contributed by atoms with Gasteiger partial charge in [0.1, 0.15) is 16.9 Å². The van der Waals surface area contributed by atoms with Crippen LogP contribution in [0.3, 0.4) is 0 Å². The summed E-state index contributed by atoms with van der Waals surface area (Å²) in [6, 6.07) is 5.03. The van der Waals surface area contributed by atoms with Crippen LogP contribution in [0.15, 0.2) is 24.3 Å². The maximum absolute atomic E-state index is 15.2. The lowest BCUT2D eigenvalue weighted by Gasteiger charge is -2.35. The second-order valence-corrected chi connectivity index (χ2v) is 9.73. The summed E-state index contributed by atoms with van der Waals surface area (Å²) < 4.78 is 28.8. The molecule has 4 aromatic rings. The molecule has 1 aliphatic heterocycles. The van der Waals surface area contributed by atoms with Gasteiger partial charge in [0.25, 0.3) is 5.91 Å². The third kappa shape index (κ3) is 4.20. The van der Waals surface area contributed by atoms with Gasteiger partial charge in [0.05, 0.1) is 18.5 Å². The number of benzene rings is 1. The fourth-order valence-corrected chi connectivity index (χ4v) is 5.26. The summed E-state index contributed by atoms with van der Waals surface area (Å²) in [6.07, 6.45) is 0.487.